The Balaban J connectivity index is 2.36. The highest BCUT2D eigenvalue weighted by Crippen LogP contribution is 2.17. The topological polar surface area (TPSA) is 43.8 Å². The molecule has 0 aliphatic rings. The molecule has 2 N–H and O–H groups in total. The van der Waals surface area contributed by atoms with Crippen molar-refractivity contribution in [1.29, 1.82) is 0 Å². The van der Waals surface area contributed by atoms with E-state index in [1.807, 2.05) is 36.1 Å². The monoisotopic (exact) mass is 215 g/mol. The lowest BCUT2D eigenvalue weighted by Crippen LogP contribution is -2.09. The second-order valence-electron chi connectivity index (χ2n) is 4.07. The zero-order valence-corrected chi connectivity index (χ0v) is 9.72. The van der Waals surface area contributed by atoms with E-state index in [0.717, 1.165) is 23.2 Å². The van der Waals surface area contributed by atoms with Crippen LogP contribution in [-0.2, 0) is 0 Å². The van der Waals surface area contributed by atoms with Gasteiger partial charge in [-0.05, 0) is 36.6 Å². The minimum absolute atomic E-state index is 0.108. The van der Waals surface area contributed by atoms with Crippen LogP contribution >= 0.6 is 0 Å². The van der Waals surface area contributed by atoms with E-state index in [2.05, 4.69) is 24.2 Å². The molecule has 0 saturated carbocycles. The molecule has 0 saturated heterocycles. The van der Waals surface area contributed by atoms with Gasteiger partial charge in [0.15, 0.2) is 0 Å². The number of aryl methyl sites for hydroxylation is 1. The Hall–Kier alpha value is -1.61. The fourth-order valence-electron chi connectivity index (χ4n) is 1.69. The van der Waals surface area contributed by atoms with Gasteiger partial charge in [-0.2, -0.15) is 5.10 Å². The second-order valence-corrected chi connectivity index (χ2v) is 4.07. The molecule has 0 fully saturated rings. The molecule has 0 aliphatic carbocycles. The van der Waals surface area contributed by atoms with Crippen LogP contribution < -0.4 is 5.73 Å². The average molecular weight is 215 g/mol. The molecule has 0 amide bonds. The molecule has 2 aromatic rings. The van der Waals surface area contributed by atoms with E-state index >= 15 is 0 Å². The van der Waals surface area contributed by atoms with E-state index in [0.29, 0.717) is 0 Å². The van der Waals surface area contributed by atoms with Gasteiger partial charge in [-0.1, -0.05) is 19.1 Å². The summed E-state index contributed by atoms with van der Waals surface area (Å²) in [6, 6.07) is 8.33. The lowest BCUT2D eigenvalue weighted by Gasteiger charge is -2.10. The summed E-state index contributed by atoms with van der Waals surface area (Å²) in [5.74, 6) is 0. The summed E-state index contributed by atoms with van der Waals surface area (Å²) in [6.07, 6.45) is 4.81. The van der Waals surface area contributed by atoms with E-state index in [1.54, 1.807) is 0 Å². The third-order valence-corrected chi connectivity index (χ3v) is 2.71. The molecular formula is C13H17N3. The standard InChI is InChI=1S/C13H17N3/c1-3-13(14)11-5-4-6-12(7-11)16-9-10(2)8-15-16/h4-9,13H,3,14H2,1-2H3. The summed E-state index contributed by atoms with van der Waals surface area (Å²) >= 11 is 0. The molecule has 0 bridgehead atoms. The molecule has 3 heteroatoms. The number of aromatic nitrogens is 2. The van der Waals surface area contributed by atoms with Gasteiger partial charge in [-0.25, -0.2) is 4.68 Å². The van der Waals surface area contributed by atoms with Gasteiger partial charge < -0.3 is 5.73 Å². The van der Waals surface area contributed by atoms with Crippen LogP contribution in [0.4, 0.5) is 0 Å². The van der Waals surface area contributed by atoms with Crippen LogP contribution in [0.2, 0.25) is 0 Å². The molecule has 1 atom stereocenters. The Bertz CT molecular complexity index is 474. The predicted molar refractivity (Wildman–Crippen MR) is 65.5 cm³/mol. The Labute approximate surface area is 95.9 Å². The van der Waals surface area contributed by atoms with Crippen LogP contribution in [0.15, 0.2) is 36.7 Å². The highest BCUT2D eigenvalue weighted by molar-refractivity contribution is 5.36. The van der Waals surface area contributed by atoms with Crippen molar-refractivity contribution >= 4 is 0 Å². The smallest absolute Gasteiger partial charge is 0.0648 e. The fourth-order valence-corrected chi connectivity index (χ4v) is 1.69. The van der Waals surface area contributed by atoms with Crippen LogP contribution in [0.3, 0.4) is 0 Å². The molecule has 2 rings (SSSR count). The van der Waals surface area contributed by atoms with Crippen molar-refractivity contribution in [3.63, 3.8) is 0 Å². The molecule has 1 heterocycles. The molecule has 1 aromatic carbocycles. The van der Waals surface area contributed by atoms with E-state index in [4.69, 9.17) is 5.73 Å². The summed E-state index contributed by atoms with van der Waals surface area (Å²) in [4.78, 5) is 0. The van der Waals surface area contributed by atoms with Gasteiger partial charge in [0.2, 0.25) is 0 Å². The number of benzene rings is 1. The first kappa shape index (κ1) is 10.9. The van der Waals surface area contributed by atoms with Crippen LogP contribution in [0.5, 0.6) is 0 Å². The van der Waals surface area contributed by atoms with Crippen molar-refractivity contribution in [3.05, 3.63) is 47.8 Å². The first-order valence-electron chi connectivity index (χ1n) is 5.58. The molecule has 0 radical (unpaired) electrons. The quantitative estimate of drug-likeness (QED) is 0.855. The number of rotatable bonds is 3. The van der Waals surface area contributed by atoms with Gasteiger partial charge in [-0.3, -0.25) is 0 Å². The normalized spacial score (nSPS) is 12.7. The minimum Gasteiger partial charge on any atom is -0.324 e. The predicted octanol–water partition coefficient (Wildman–Crippen LogP) is 2.59. The van der Waals surface area contributed by atoms with Crippen molar-refractivity contribution in [3.8, 4) is 5.69 Å². The summed E-state index contributed by atoms with van der Waals surface area (Å²) in [5.41, 5.74) is 9.40. The van der Waals surface area contributed by atoms with Crippen LogP contribution in [-0.4, -0.2) is 9.78 Å². The summed E-state index contributed by atoms with van der Waals surface area (Å²) in [7, 11) is 0. The van der Waals surface area contributed by atoms with Crippen LogP contribution in [0.1, 0.15) is 30.5 Å². The number of nitrogens with zero attached hydrogens (tertiary/aromatic N) is 2. The molecule has 0 spiro atoms. The largest absolute Gasteiger partial charge is 0.324 e. The van der Waals surface area contributed by atoms with Crippen LogP contribution in [0, 0.1) is 6.92 Å². The minimum atomic E-state index is 0.108. The summed E-state index contributed by atoms with van der Waals surface area (Å²) < 4.78 is 1.88. The summed E-state index contributed by atoms with van der Waals surface area (Å²) in [5, 5.41) is 4.29. The molecule has 3 nitrogen and oxygen atoms in total. The zero-order valence-electron chi connectivity index (χ0n) is 9.72. The molecule has 0 aliphatic heterocycles. The SMILES string of the molecule is CCC(N)c1cccc(-n2cc(C)cn2)c1. The Morgan fingerprint density at radius 2 is 2.25 bits per heavy atom. The lowest BCUT2D eigenvalue weighted by atomic mass is 10.1. The maximum Gasteiger partial charge on any atom is 0.0648 e. The van der Waals surface area contributed by atoms with Crippen LogP contribution in [0.25, 0.3) is 5.69 Å². The van der Waals surface area contributed by atoms with Crippen molar-refractivity contribution in [2.75, 3.05) is 0 Å². The van der Waals surface area contributed by atoms with Crippen molar-refractivity contribution in [1.82, 2.24) is 9.78 Å². The maximum atomic E-state index is 6.02. The zero-order chi connectivity index (χ0) is 11.5. The van der Waals surface area contributed by atoms with Gasteiger partial charge in [0.05, 0.1) is 11.9 Å². The number of hydrogen-bond acceptors (Lipinski definition) is 2. The van der Waals surface area contributed by atoms with Gasteiger partial charge in [0.1, 0.15) is 0 Å². The Morgan fingerprint density at radius 3 is 2.88 bits per heavy atom. The maximum absolute atomic E-state index is 6.02. The molecule has 1 unspecified atom stereocenters. The molecule has 1 aromatic heterocycles. The number of hydrogen-bond donors (Lipinski definition) is 1. The first-order chi connectivity index (χ1) is 7.70. The molecular weight excluding hydrogens is 198 g/mol. The molecule has 84 valence electrons. The van der Waals surface area contributed by atoms with Gasteiger partial charge in [0.25, 0.3) is 0 Å². The van der Waals surface area contributed by atoms with Gasteiger partial charge in [0, 0.05) is 12.2 Å². The first-order valence-corrected chi connectivity index (χ1v) is 5.58. The Kier molecular flexibility index (Phi) is 3.06. The van der Waals surface area contributed by atoms with Gasteiger partial charge >= 0.3 is 0 Å². The van der Waals surface area contributed by atoms with Crippen molar-refractivity contribution < 1.29 is 0 Å². The third kappa shape index (κ3) is 2.14. The molecule has 16 heavy (non-hydrogen) atoms. The van der Waals surface area contributed by atoms with E-state index < -0.39 is 0 Å². The van der Waals surface area contributed by atoms with Crippen molar-refractivity contribution in [2.45, 2.75) is 26.3 Å². The van der Waals surface area contributed by atoms with E-state index in [9.17, 15) is 0 Å². The Morgan fingerprint density at radius 1 is 1.44 bits per heavy atom. The number of nitrogens with two attached hydrogens (primary N) is 1. The lowest BCUT2D eigenvalue weighted by molar-refractivity contribution is 0.697. The highest BCUT2D eigenvalue weighted by Gasteiger charge is 2.05. The van der Waals surface area contributed by atoms with Crippen molar-refractivity contribution in [2.24, 2.45) is 5.73 Å². The van der Waals surface area contributed by atoms with E-state index in [1.165, 1.54) is 0 Å². The third-order valence-electron chi connectivity index (χ3n) is 2.71. The summed E-state index contributed by atoms with van der Waals surface area (Å²) in [6.45, 7) is 4.13. The van der Waals surface area contributed by atoms with Gasteiger partial charge in [-0.15, -0.1) is 0 Å². The fraction of sp³-hybridized carbons (Fsp3) is 0.308. The second kappa shape index (κ2) is 4.49. The van der Waals surface area contributed by atoms with E-state index in [-0.39, 0.29) is 6.04 Å². The average Bonchev–Trinajstić information content (AvgIpc) is 2.75. The highest BCUT2D eigenvalue weighted by atomic mass is 15.3.